The fraction of sp³-hybridized carbons (Fsp3) is 0.400. The quantitative estimate of drug-likeness (QED) is 0.840. The molecule has 0 saturated carbocycles. The molecule has 0 radical (unpaired) electrons. The van der Waals surface area contributed by atoms with E-state index in [1.165, 1.54) is 4.90 Å². The summed E-state index contributed by atoms with van der Waals surface area (Å²) in [6.07, 6.45) is 0. The summed E-state index contributed by atoms with van der Waals surface area (Å²) >= 11 is 0. The first-order chi connectivity index (χ1) is 11.4. The van der Waals surface area contributed by atoms with Crippen LogP contribution in [0, 0.1) is 11.8 Å². The van der Waals surface area contributed by atoms with Crippen LogP contribution in [-0.2, 0) is 0 Å². The van der Waals surface area contributed by atoms with Crippen LogP contribution in [0.1, 0.15) is 48.4 Å². The second-order valence-corrected chi connectivity index (χ2v) is 7.28. The van der Waals surface area contributed by atoms with Crippen molar-refractivity contribution in [1.29, 1.82) is 0 Å². The Morgan fingerprint density at radius 2 is 1.58 bits per heavy atom. The predicted octanol–water partition coefficient (Wildman–Crippen LogP) is 4.16. The molecular weight excluding hydrogens is 300 g/mol. The topological polar surface area (TPSA) is 49.4 Å². The summed E-state index contributed by atoms with van der Waals surface area (Å²) in [7, 11) is 0. The first-order valence-corrected chi connectivity index (χ1v) is 8.56. The van der Waals surface area contributed by atoms with Crippen molar-refractivity contribution in [2.24, 2.45) is 11.8 Å². The van der Waals surface area contributed by atoms with Crippen LogP contribution in [0.15, 0.2) is 30.3 Å². The highest BCUT2D eigenvalue weighted by Crippen LogP contribution is 2.34. The summed E-state index contributed by atoms with van der Waals surface area (Å²) in [5, 5.41) is 5.15. The fourth-order valence-corrected chi connectivity index (χ4v) is 3.15. The molecular formula is C20H24N2O2. The van der Waals surface area contributed by atoms with Crippen LogP contribution < -0.4 is 5.32 Å². The van der Waals surface area contributed by atoms with Gasteiger partial charge in [-0.2, -0.15) is 0 Å². The molecule has 1 aliphatic rings. The highest BCUT2D eigenvalue weighted by molar-refractivity contribution is 6.26. The first kappa shape index (κ1) is 16.5. The Kier molecular flexibility index (Phi) is 4.31. The SMILES string of the molecule is CC(C)CNc1ccc2c3c(cccc13)C(=O)N(CC(C)C)C2=O. The van der Waals surface area contributed by atoms with Crippen molar-refractivity contribution in [3.63, 3.8) is 0 Å². The Hall–Kier alpha value is -2.36. The largest absolute Gasteiger partial charge is 0.384 e. The summed E-state index contributed by atoms with van der Waals surface area (Å²) in [4.78, 5) is 27.0. The molecule has 0 bridgehead atoms. The van der Waals surface area contributed by atoms with Gasteiger partial charge < -0.3 is 5.32 Å². The van der Waals surface area contributed by atoms with E-state index in [4.69, 9.17) is 0 Å². The lowest BCUT2D eigenvalue weighted by atomic mass is 9.92. The fourth-order valence-electron chi connectivity index (χ4n) is 3.15. The normalized spacial score (nSPS) is 14.2. The van der Waals surface area contributed by atoms with Crippen LogP contribution in [0.25, 0.3) is 10.8 Å². The van der Waals surface area contributed by atoms with Crippen molar-refractivity contribution in [2.75, 3.05) is 18.4 Å². The average Bonchev–Trinajstić information content (AvgIpc) is 2.54. The van der Waals surface area contributed by atoms with Gasteiger partial charge in [0.1, 0.15) is 0 Å². The zero-order chi connectivity index (χ0) is 17.4. The maximum Gasteiger partial charge on any atom is 0.261 e. The number of rotatable bonds is 5. The Balaban J connectivity index is 2.13. The molecule has 0 aliphatic carbocycles. The molecule has 4 heteroatoms. The standard InChI is InChI=1S/C20H24N2O2/c1-12(2)10-21-17-9-8-16-18-14(17)6-5-7-15(18)19(23)22(20(16)24)11-13(3)4/h5-9,12-13,21H,10-11H2,1-4H3. The van der Waals surface area contributed by atoms with Crippen LogP contribution >= 0.6 is 0 Å². The maximum absolute atomic E-state index is 12.8. The number of nitrogens with one attached hydrogen (secondary N) is 1. The molecule has 0 saturated heterocycles. The zero-order valence-electron chi connectivity index (χ0n) is 14.7. The Morgan fingerprint density at radius 1 is 0.917 bits per heavy atom. The molecule has 0 spiro atoms. The minimum atomic E-state index is -0.187. The van der Waals surface area contributed by atoms with Crippen LogP contribution in [0.5, 0.6) is 0 Å². The van der Waals surface area contributed by atoms with Crippen LogP contribution in [0.2, 0.25) is 0 Å². The number of carbonyl (C=O) groups excluding carboxylic acids is 2. The second kappa shape index (κ2) is 6.27. The van der Waals surface area contributed by atoms with Gasteiger partial charge in [-0.1, -0.05) is 39.8 Å². The third-order valence-corrected chi connectivity index (χ3v) is 4.24. The average molecular weight is 324 g/mol. The molecule has 2 aromatic carbocycles. The summed E-state index contributed by atoms with van der Waals surface area (Å²) in [6.45, 7) is 9.61. The number of hydrogen-bond donors (Lipinski definition) is 1. The van der Waals surface area contributed by atoms with Gasteiger partial charge in [0.2, 0.25) is 0 Å². The van der Waals surface area contributed by atoms with Crippen molar-refractivity contribution in [1.82, 2.24) is 4.90 Å². The van der Waals surface area contributed by atoms with Gasteiger partial charge in [0, 0.05) is 40.7 Å². The number of benzene rings is 2. The smallest absolute Gasteiger partial charge is 0.261 e. The molecule has 1 aliphatic heterocycles. The summed E-state index contributed by atoms with van der Waals surface area (Å²) in [5.74, 6) is 0.381. The van der Waals surface area contributed by atoms with Crippen molar-refractivity contribution in [3.05, 3.63) is 41.5 Å². The molecule has 2 amide bonds. The van der Waals surface area contributed by atoms with Gasteiger partial charge in [0.25, 0.3) is 11.8 Å². The van der Waals surface area contributed by atoms with E-state index >= 15 is 0 Å². The molecule has 3 rings (SSSR count). The number of amides is 2. The summed E-state index contributed by atoms with van der Waals surface area (Å²) in [6, 6.07) is 9.48. The molecule has 126 valence electrons. The van der Waals surface area contributed by atoms with Gasteiger partial charge in [-0.15, -0.1) is 0 Å². The first-order valence-electron chi connectivity index (χ1n) is 8.56. The van der Waals surface area contributed by atoms with Gasteiger partial charge in [-0.3, -0.25) is 14.5 Å². The Morgan fingerprint density at radius 3 is 2.21 bits per heavy atom. The number of anilines is 1. The highest BCUT2D eigenvalue weighted by atomic mass is 16.2. The second-order valence-electron chi connectivity index (χ2n) is 7.28. The molecule has 1 heterocycles. The molecule has 0 atom stereocenters. The molecule has 1 N–H and O–H groups in total. The van der Waals surface area contributed by atoms with Crippen LogP contribution in [0.4, 0.5) is 5.69 Å². The van der Waals surface area contributed by atoms with Gasteiger partial charge in [-0.25, -0.2) is 0 Å². The van der Waals surface area contributed by atoms with E-state index in [9.17, 15) is 9.59 Å². The van der Waals surface area contributed by atoms with E-state index in [0.717, 1.165) is 23.0 Å². The van der Waals surface area contributed by atoms with Crippen molar-refractivity contribution in [2.45, 2.75) is 27.7 Å². The molecule has 0 unspecified atom stereocenters. The Bertz CT molecular complexity index is 786. The van der Waals surface area contributed by atoms with E-state index in [1.54, 1.807) is 0 Å². The molecule has 4 nitrogen and oxygen atoms in total. The monoisotopic (exact) mass is 324 g/mol. The molecule has 2 aromatic rings. The van der Waals surface area contributed by atoms with Crippen LogP contribution in [0.3, 0.4) is 0 Å². The Labute approximate surface area is 142 Å². The lowest BCUT2D eigenvalue weighted by Crippen LogP contribution is -2.42. The van der Waals surface area contributed by atoms with E-state index in [0.29, 0.717) is 23.6 Å². The van der Waals surface area contributed by atoms with E-state index in [1.807, 2.05) is 44.2 Å². The predicted molar refractivity (Wildman–Crippen MR) is 97.5 cm³/mol. The van der Waals surface area contributed by atoms with E-state index in [-0.39, 0.29) is 17.7 Å². The highest BCUT2D eigenvalue weighted by Gasteiger charge is 2.33. The molecule has 0 aromatic heterocycles. The molecule has 0 fully saturated rings. The lowest BCUT2D eigenvalue weighted by Gasteiger charge is -2.29. The van der Waals surface area contributed by atoms with Crippen molar-refractivity contribution < 1.29 is 9.59 Å². The minimum Gasteiger partial charge on any atom is -0.384 e. The van der Waals surface area contributed by atoms with E-state index < -0.39 is 0 Å². The number of imide groups is 1. The minimum absolute atomic E-state index is 0.187. The molecule has 24 heavy (non-hydrogen) atoms. The summed E-state index contributed by atoms with van der Waals surface area (Å²) in [5.41, 5.74) is 2.22. The van der Waals surface area contributed by atoms with Crippen molar-refractivity contribution in [3.8, 4) is 0 Å². The van der Waals surface area contributed by atoms with Gasteiger partial charge in [0.15, 0.2) is 0 Å². The van der Waals surface area contributed by atoms with Gasteiger partial charge in [-0.05, 0) is 30.0 Å². The summed E-state index contributed by atoms with van der Waals surface area (Å²) < 4.78 is 0. The van der Waals surface area contributed by atoms with Gasteiger partial charge >= 0.3 is 0 Å². The van der Waals surface area contributed by atoms with Crippen LogP contribution in [-0.4, -0.2) is 29.8 Å². The zero-order valence-corrected chi connectivity index (χ0v) is 14.7. The van der Waals surface area contributed by atoms with Crippen molar-refractivity contribution >= 4 is 28.3 Å². The lowest BCUT2D eigenvalue weighted by molar-refractivity contribution is 0.0592. The third kappa shape index (κ3) is 2.77. The number of hydrogen-bond acceptors (Lipinski definition) is 3. The van der Waals surface area contributed by atoms with Gasteiger partial charge in [0.05, 0.1) is 0 Å². The maximum atomic E-state index is 12.8. The van der Waals surface area contributed by atoms with E-state index in [2.05, 4.69) is 19.2 Å². The third-order valence-electron chi connectivity index (χ3n) is 4.24. The number of carbonyl (C=O) groups is 2. The number of nitrogens with zero attached hydrogens (tertiary/aromatic N) is 1.